The number of hydrogen-bond acceptors (Lipinski definition) is 8. The Morgan fingerprint density at radius 2 is 1.49 bits per heavy atom. The molecule has 6 aliphatic rings. The molecule has 0 saturated heterocycles. The minimum atomic E-state index is -4.67. The minimum absolute atomic E-state index is 0.176. The summed E-state index contributed by atoms with van der Waals surface area (Å²) in [5, 5.41) is 0. The predicted octanol–water partition coefficient (Wildman–Crippen LogP) is 10.5. The quantitative estimate of drug-likeness (QED) is 0.0637. The molecule has 2 fully saturated rings. The first kappa shape index (κ1) is 54.2. The normalized spacial score (nSPS) is 26.4. The van der Waals surface area contributed by atoms with Gasteiger partial charge in [-0.1, -0.05) is 48.6 Å². The lowest BCUT2D eigenvalue weighted by molar-refractivity contribution is -0.871. The van der Waals surface area contributed by atoms with Crippen LogP contribution in [0.4, 0.5) is 11.4 Å². The van der Waals surface area contributed by atoms with E-state index >= 15 is 0 Å². The number of fused-ring (bicyclic) bond motifs is 7. The molecule has 3 aromatic carbocycles. The smallest absolute Gasteiger partial charge is 0.209 e. The lowest BCUT2D eigenvalue weighted by atomic mass is 9.55. The van der Waals surface area contributed by atoms with E-state index in [9.17, 15) is 26.5 Å². The van der Waals surface area contributed by atoms with Crippen molar-refractivity contribution in [2.75, 3.05) is 73.4 Å². The standard InChI is InChI=1S/C61H81N4O7S2/c1-59(2)51-39-45(73(12,67)68)22-27-53(51)62(34-14-36-64(6,7)8)55(59)29-19-41-16-13-17-42(20-30-56-60(3,4)52-40-46(74(69,70)71)23-28-54(52)63(56)35-15-37-65(9,10)11)58(41)72-44-21-25-47-43(38-44)18-24-49-48(47)32-33-61(5)50(49)26-31-57(61)66/h19-23,25,27-30,38-40,48-50H,12-18,24,26,31-37H2,1-11H3/q+1. The summed E-state index contributed by atoms with van der Waals surface area (Å²) in [5.74, 6) is 7.00. The van der Waals surface area contributed by atoms with Crippen molar-refractivity contribution in [3.8, 4) is 5.75 Å². The average molecular weight is 1050 g/mol. The molecule has 398 valence electrons. The number of Topliss-reactive ketones (excluding diaryl/α,β-unsaturated/α-hetero) is 1. The Balaban J connectivity index is 1.14. The molecule has 2 saturated carbocycles. The number of nitrogens with zero attached hydrogens (tertiary/aromatic N) is 4. The van der Waals surface area contributed by atoms with Crippen LogP contribution in [0.25, 0.3) is 0 Å². The molecular weight excluding hydrogens is 965 g/mol. The highest BCUT2D eigenvalue weighted by Crippen LogP contribution is 2.60. The SMILES string of the molecule is C=S(=O)([O-])c1ccc2c(c1)C(C)(C)C(C=CC1=C(Oc3ccc4c(c3)CCC3C4CCC4(C)C(=O)CCC34)C(=CC=C3N(CCC[N+](C)(C)C)c4ccc(S(=O)(=O)[O-])cc4C3(C)C)CCC1)=[N+]2CCC[N+](C)(C)C. The fourth-order valence-electron chi connectivity index (χ4n) is 13.8. The van der Waals surface area contributed by atoms with Gasteiger partial charge in [0.1, 0.15) is 27.4 Å². The van der Waals surface area contributed by atoms with Crippen LogP contribution in [0.3, 0.4) is 0 Å². The summed E-state index contributed by atoms with van der Waals surface area (Å²) in [6, 6.07) is 16.9. The molecule has 0 aromatic heterocycles. The Hall–Kier alpha value is -4.63. The second kappa shape index (κ2) is 19.4. The number of allylic oxidation sites excluding steroid dienone is 7. The molecule has 0 N–H and O–H groups in total. The van der Waals surface area contributed by atoms with E-state index in [1.807, 2.05) is 6.07 Å². The van der Waals surface area contributed by atoms with Crippen LogP contribution in [0.15, 0.2) is 111 Å². The molecule has 3 aromatic rings. The number of benzene rings is 3. The third kappa shape index (κ3) is 10.5. The number of quaternary nitrogens is 2. The van der Waals surface area contributed by atoms with Gasteiger partial charge in [-0.15, -0.1) is 0 Å². The molecule has 2 aliphatic heterocycles. The number of aryl methyl sites for hydroxylation is 1. The van der Waals surface area contributed by atoms with Gasteiger partial charge >= 0.3 is 0 Å². The Morgan fingerprint density at radius 3 is 2.19 bits per heavy atom. The maximum absolute atomic E-state index is 13.1. The molecule has 74 heavy (non-hydrogen) atoms. The largest absolute Gasteiger partial charge is 0.774 e. The van der Waals surface area contributed by atoms with Gasteiger partial charge in [-0.2, -0.15) is 4.58 Å². The third-order valence-electron chi connectivity index (χ3n) is 17.8. The Bertz CT molecular complexity index is 3160. The fraction of sp³-hybridized carbons (Fsp3) is 0.525. The van der Waals surface area contributed by atoms with Gasteiger partial charge in [0, 0.05) is 64.2 Å². The monoisotopic (exact) mass is 1050 g/mol. The van der Waals surface area contributed by atoms with Gasteiger partial charge in [-0.05, 0) is 165 Å². The second-order valence-electron chi connectivity index (χ2n) is 25.7. The summed E-state index contributed by atoms with van der Waals surface area (Å²) >= 11 is 0. The average Bonchev–Trinajstić information content (AvgIpc) is 3.81. The van der Waals surface area contributed by atoms with Crippen LogP contribution in [0.1, 0.15) is 127 Å². The first-order valence-electron chi connectivity index (χ1n) is 27.0. The summed E-state index contributed by atoms with van der Waals surface area (Å²) < 4.78 is 74.0. The molecule has 0 radical (unpaired) electrons. The van der Waals surface area contributed by atoms with E-state index in [-0.39, 0.29) is 15.2 Å². The summed E-state index contributed by atoms with van der Waals surface area (Å²) in [4.78, 5) is 15.4. The molecule has 11 nitrogen and oxygen atoms in total. The minimum Gasteiger partial charge on any atom is -0.774 e. The van der Waals surface area contributed by atoms with E-state index in [0.717, 1.165) is 156 Å². The van der Waals surface area contributed by atoms with Crippen molar-refractivity contribution in [2.24, 2.45) is 17.3 Å². The Morgan fingerprint density at radius 1 is 0.784 bits per heavy atom. The summed E-state index contributed by atoms with van der Waals surface area (Å²) in [5.41, 5.74) is 9.35. The Kier molecular flexibility index (Phi) is 14.2. The van der Waals surface area contributed by atoms with E-state index in [4.69, 9.17) is 4.74 Å². The molecule has 0 bridgehead atoms. The molecular formula is C61H81N4O7S2+. The van der Waals surface area contributed by atoms with Gasteiger partial charge < -0.3 is 27.7 Å². The summed E-state index contributed by atoms with van der Waals surface area (Å²) in [6.45, 7) is 14.2. The third-order valence-corrected chi connectivity index (χ3v) is 19.6. The van der Waals surface area contributed by atoms with E-state index in [1.165, 1.54) is 17.2 Å². The molecule has 5 atom stereocenters. The van der Waals surface area contributed by atoms with Crippen molar-refractivity contribution in [1.29, 1.82) is 0 Å². The van der Waals surface area contributed by atoms with E-state index in [0.29, 0.717) is 30.0 Å². The van der Waals surface area contributed by atoms with E-state index in [1.54, 1.807) is 24.3 Å². The van der Waals surface area contributed by atoms with Crippen molar-refractivity contribution in [2.45, 2.75) is 132 Å². The molecule has 0 spiro atoms. The van der Waals surface area contributed by atoms with Gasteiger partial charge in [-0.3, -0.25) is 9.00 Å². The molecule has 4 aliphatic carbocycles. The van der Waals surface area contributed by atoms with Crippen LogP contribution in [-0.2, 0) is 42.0 Å². The van der Waals surface area contributed by atoms with Crippen LogP contribution < -0.4 is 9.64 Å². The molecule has 0 amide bonds. The summed E-state index contributed by atoms with van der Waals surface area (Å²) in [6.07, 6.45) is 18.9. The zero-order valence-corrected chi connectivity index (χ0v) is 47.6. The first-order valence-corrected chi connectivity index (χ1v) is 30.1. The van der Waals surface area contributed by atoms with Gasteiger partial charge in [0.2, 0.25) is 5.69 Å². The molecule has 9 rings (SSSR count). The maximum Gasteiger partial charge on any atom is 0.209 e. The van der Waals surface area contributed by atoms with Crippen LogP contribution in [0.2, 0.25) is 0 Å². The van der Waals surface area contributed by atoms with Crippen LogP contribution in [0.5, 0.6) is 5.75 Å². The number of carbonyl (C=O) groups excluding carboxylic acids is 1. The zero-order chi connectivity index (χ0) is 53.6. The van der Waals surface area contributed by atoms with Crippen LogP contribution in [0, 0.1) is 17.3 Å². The fourth-order valence-corrected chi connectivity index (χ4v) is 14.8. The van der Waals surface area contributed by atoms with Crippen molar-refractivity contribution in [1.82, 2.24) is 0 Å². The highest BCUT2D eigenvalue weighted by Gasteiger charge is 2.54. The van der Waals surface area contributed by atoms with Gasteiger partial charge in [0.15, 0.2) is 12.3 Å². The predicted molar refractivity (Wildman–Crippen MR) is 296 cm³/mol. The number of rotatable bonds is 15. The van der Waals surface area contributed by atoms with Gasteiger partial charge in [0.05, 0.1) is 72.1 Å². The van der Waals surface area contributed by atoms with Gasteiger partial charge in [0.25, 0.3) is 0 Å². The lowest BCUT2D eigenvalue weighted by Gasteiger charge is -2.48. The maximum atomic E-state index is 13.1. The van der Waals surface area contributed by atoms with Crippen molar-refractivity contribution >= 4 is 48.7 Å². The van der Waals surface area contributed by atoms with E-state index < -0.39 is 30.8 Å². The summed E-state index contributed by atoms with van der Waals surface area (Å²) in [7, 11) is 4.80. The number of hydrogen-bond donors (Lipinski definition) is 0. The second-order valence-corrected chi connectivity index (χ2v) is 28.8. The molecule has 5 unspecified atom stereocenters. The van der Waals surface area contributed by atoms with Crippen LogP contribution >= 0.6 is 0 Å². The number of carbonyl (C=O) groups is 1. The zero-order valence-electron chi connectivity index (χ0n) is 46.0. The van der Waals surface area contributed by atoms with E-state index in [2.05, 4.69) is 135 Å². The molecule has 2 heterocycles. The lowest BCUT2D eigenvalue weighted by Crippen LogP contribution is -2.42. The van der Waals surface area contributed by atoms with Crippen LogP contribution in [-0.4, -0.2) is 121 Å². The topological polar surface area (TPSA) is 130 Å². The van der Waals surface area contributed by atoms with Crippen molar-refractivity contribution in [3.63, 3.8) is 0 Å². The number of ether oxygens (including phenoxy) is 1. The number of ketones is 1. The number of anilines is 1. The van der Waals surface area contributed by atoms with Crippen molar-refractivity contribution < 1.29 is 44.8 Å². The van der Waals surface area contributed by atoms with Gasteiger partial charge in [-0.25, -0.2) is 8.42 Å². The highest BCUT2D eigenvalue weighted by atomic mass is 32.2. The van der Waals surface area contributed by atoms with Crippen molar-refractivity contribution in [3.05, 3.63) is 124 Å². The molecule has 13 heteroatoms. The highest BCUT2D eigenvalue weighted by molar-refractivity contribution is 7.95. The first-order chi connectivity index (χ1) is 34.5. The Labute approximate surface area is 443 Å².